The van der Waals surface area contributed by atoms with Gasteiger partial charge in [-0.1, -0.05) is 19.1 Å². The van der Waals surface area contributed by atoms with Crippen LogP contribution in [0, 0.1) is 17.2 Å². The number of esters is 1. The monoisotopic (exact) mass is 382 g/mol. The van der Waals surface area contributed by atoms with Gasteiger partial charge >= 0.3 is 5.97 Å². The molecule has 0 bridgehead atoms. The van der Waals surface area contributed by atoms with Gasteiger partial charge in [0.05, 0.1) is 23.7 Å². The molecule has 7 heteroatoms. The van der Waals surface area contributed by atoms with E-state index in [0.29, 0.717) is 22.9 Å². The summed E-state index contributed by atoms with van der Waals surface area (Å²) in [6.07, 6.45) is 1.64. The third kappa shape index (κ3) is 4.39. The summed E-state index contributed by atoms with van der Waals surface area (Å²) in [5.41, 5.74) is 1.77. The number of para-hydroxylation sites is 2. The van der Waals surface area contributed by atoms with Crippen LogP contribution in [0.4, 0.5) is 5.82 Å². The zero-order valence-corrected chi connectivity index (χ0v) is 16.6. The maximum Gasteiger partial charge on any atom is 0.330 e. The van der Waals surface area contributed by atoms with E-state index >= 15 is 0 Å². The molecule has 0 amide bonds. The van der Waals surface area contributed by atoms with E-state index in [1.165, 1.54) is 7.11 Å². The van der Waals surface area contributed by atoms with E-state index in [2.05, 4.69) is 22.9 Å². The lowest BCUT2D eigenvalue weighted by molar-refractivity contribution is -0.150. The number of ether oxygens (including phenoxy) is 2. The van der Waals surface area contributed by atoms with Crippen LogP contribution in [0.15, 0.2) is 24.3 Å². The smallest absolute Gasteiger partial charge is 0.330 e. The molecule has 0 radical (unpaired) electrons. The molecule has 0 unspecified atom stereocenters. The molecule has 1 saturated heterocycles. The van der Waals surface area contributed by atoms with Gasteiger partial charge in [-0.05, 0) is 37.8 Å². The standard InChI is InChI=1S/C21H26N4O3/c1-14-8-10-25(11-9-14)20-19(23-17-6-4-5-7-18(17)24-20)16(12-22)21(26)28-15(2)13-27-3/h4-7,14-16H,8-11,13H2,1-3H3/t15-,16+/m0/s1. The topological polar surface area (TPSA) is 88.3 Å². The molecular formula is C21H26N4O3. The van der Waals surface area contributed by atoms with Crippen LogP contribution < -0.4 is 4.90 Å². The van der Waals surface area contributed by atoms with Crippen molar-refractivity contribution in [1.29, 1.82) is 5.26 Å². The van der Waals surface area contributed by atoms with Gasteiger partial charge in [0.1, 0.15) is 11.8 Å². The summed E-state index contributed by atoms with van der Waals surface area (Å²) in [7, 11) is 1.54. The first-order chi connectivity index (χ1) is 13.5. The number of aromatic nitrogens is 2. The number of rotatable bonds is 6. The Labute approximate surface area is 165 Å². The van der Waals surface area contributed by atoms with Crippen LogP contribution >= 0.6 is 0 Å². The van der Waals surface area contributed by atoms with Gasteiger partial charge < -0.3 is 14.4 Å². The summed E-state index contributed by atoms with van der Waals surface area (Å²) in [6, 6.07) is 9.57. The van der Waals surface area contributed by atoms with E-state index < -0.39 is 18.0 Å². The van der Waals surface area contributed by atoms with Crippen molar-refractivity contribution in [3.8, 4) is 6.07 Å². The number of methoxy groups -OCH3 is 1. The highest BCUT2D eigenvalue weighted by Gasteiger charge is 2.32. The van der Waals surface area contributed by atoms with Gasteiger partial charge in [0, 0.05) is 20.2 Å². The van der Waals surface area contributed by atoms with Gasteiger partial charge in [-0.15, -0.1) is 0 Å². The summed E-state index contributed by atoms with van der Waals surface area (Å²) < 4.78 is 10.4. The number of hydrogen-bond acceptors (Lipinski definition) is 7. The average molecular weight is 382 g/mol. The summed E-state index contributed by atoms with van der Waals surface area (Å²) in [5, 5.41) is 9.76. The lowest BCUT2D eigenvalue weighted by Crippen LogP contribution is -2.35. The minimum absolute atomic E-state index is 0.268. The Balaban J connectivity index is 2.00. The molecule has 2 aromatic rings. The Hall–Kier alpha value is -2.72. The van der Waals surface area contributed by atoms with Crippen molar-refractivity contribution in [2.45, 2.75) is 38.7 Å². The molecule has 0 aliphatic carbocycles. The number of anilines is 1. The van der Waals surface area contributed by atoms with E-state index in [0.717, 1.165) is 31.4 Å². The lowest BCUT2D eigenvalue weighted by atomic mass is 9.98. The molecule has 148 valence electrons. The van der Waals surface area contributed by atoms with E-state index in [1.807, 2.05) is 24.3 Å². The maximum absolute atomic E-state index is 12.7. The van der Waals surface area contributed by atoms with Crippen molar-refractivity contribution < 1.29 is 14.3 Å². The van der Waals surface area contributed by atoms with Crippen molar-refractivity contribution in [2.75, 3.05) is 31.7 Å². The van der Waals surface area contributed by atoms with Crippen LogP contribution in [-0.2, 0) is 14.3 Å². The summed E-state index contributed by atoms with van der Waals surface area (Å²) in [4.78, 5) is 24.3. The third-order valence-electron chi connectivity index (χ3n) is 5.02. The molecule has 1 aromatic heterocycles. The minimum Gasteiger partial charge on any atom is -0.459 e. The van der Waals surface area contributed by atoms with E-state index in [4.69, 9.17) is 14.5 Å². The van der Waals surface area contributed by atoms with Crippen molar-refractivity contribution in [2.24, 2.45) is 5.92 Å². The molecule has 3 rings (SSSR count). The number of carbonyl (C=O) groups excluding carboxylic acids is 1. The number of piperidine rings is 1. The van der Waals surface area contributed by atoms with Gasteiger partial charge in [0.15, 0.2) is 11.7 Å². The third-order valence-corrected chi connectivity index (χ3v) is 5.02. The highest BCUT2D eigenvalue weighted by Crippen LogP contribution is 2.30. The number of nitriles is 1. The molecule has 1 aliphatic rings. The predicted molar refractivity (Wildman–Crippen MR) is 106 cm³/mol. The summed E-state index contributed by atoms with van der Waals surface area (Å²) in [5.74, 6) is -0.498. The van der Waals surface area contributed by atoms with Gasteiger partial charge in [-0.2, -0.15) is 5.26 Å². The highest BCUT2D eigenvalue weighted by atomic mass is 16.6. The molecule has 1 fully saturated rings. The lowest BCUT2D eigenvalue weighted by Gasteiger charge is -2.32. The SMILES string of the molecule is COC[C@H](C)OC(=O)[C@H](C#N)c1nc2ccccc2nc1N1CCC(C)CC1. The molecule has 2 heterocycles. The first kappa shape index (κ1) is 20.0. The van der Waals surface area contributed by atoms with Crippen LogP contribution in [0.5, 0.6) is 0 Å². The zero-order valence-electron chi connectivity index (χ0n) is 16.6. The van der Waals surface area contributed by atoms with Gasteiger partial charge in [0.25, 0.3) is 0 Å². The predicted octanol–water partition coefficient (Wildman–Crippen LogP) is 3.05. The van der Waals surface area contributed by atoms with Crippen molar-refractivity contribution in [3.05, 3.63) is 30.0 Å². The van der Waals surface area contributed by atoms with Crippen LogP contribution in [0.2, 0.25) is 0 Å². The van der Waals surface area contributed by atoms with Gasteiger partial charge in [0.2, 0.25) is 0 Å². The Morgan fingerprint density at radius 3 is 2.54 bits per heavy atom. The Bertz CT molecular complexity index is 872. The Morgan fingerprint density at radius 2 is 1.93 bits per heavy atom. The van der Waals surface area contributed by atoms with Crippen LogP contribution in [-0.4, -0.2) is 48.8 Å². The van der Waals surface area contributed by atoms with Crippen LogP contribution in [0.25, 0.3) is 11.0 Å². The zero-order chi connectivity index (χ0) is 20.1. The number of hydrogen-bond donors (Lipinski definition) is 0. The fourth-order valence-electron chi connectivity index (χ4n) is 3.41. The first-order valence-corrected chi connectivity index (χ1v) is 9.64. The highest BCUT2D eigenvalue weighted by molar-refractivity contribution is 5.85. The second kappa shape index (κ2) is 8.98. The van der Waals surface area contributed by atoms with Crippen LogP contribution in [0.3, 0.4) is 0 Å². The van der Waals surface area contributed by atoms with E-state index in [-0.39, 0.29) is 6.61 Å². The van der Waals surface area contributed by atoms with Crippen molar-refractivity contribution in [3.63, 3.8) is 0 Å². The van der Waals surface area contributed by atoms with Gasteiger partial charge in [-0.3, -0.25) is 4.79 Å². The molecule has 1 aliphatic heterocycles. The maximum atomic E-state index is 12.7. The largest absolute Gasteiger partial charge is 0.459 e. The molecule has 2 atom stereocenters. The molecule has 28 heavy (non-hydrogen) atoms. The number of benzene rings is 1. The molecular weight excluding hydrogens is 356 g/mol. The average Bonchev–Trinajstić information content (AvgIpc) is 2.69. The normalized spacial score (nSPS) is 17.1. The van der Waals surface area contributed by atoms with Crippen molar-refractivity contribution >= 4 is 22.8 Å². The van der Waals surface area contributed by atoms with E-state index in [1.54, 1.807) is 6.92 Å². The second-order valence-electron chi connectivity index (χ2n) is 7.36. The molecule has 0 saturated carbocycles. The van der Waals surface area contributed by atoms with Gasteiger partial charge in [-0.25, -0.2) is 9.97 Å². The summed E-state index contributed by atoms with van der Waals surface area (Å²) in [6.45, 7) is 5.89. The summed E-state index contributed by atoms with van der Waals surface area (Å²) >= 11 is 0. The fraction of sp³-hybridized carbons (Fsp3) is 0.524. The minimum atomic E-state index is -1.13. The molecule has 0 N–H and O–H groups in total. The van der Waals surface area contributed by atoms with Crippen molar-refractivity contribution in [1.82, 2.24) is 9.97 Å². The first-order valence-electron chi connectivity index (χ1n) is 9.64. The van der Waals surface area contributed by atoms with Crippen LogP contribution in [0.1, 0.15) is 38.3 Å². The molecule has 7 nitrogen and oxygen atoms in total. The molecule has 1 aromatic carbocycles. The van der Waals surface area contributed by atoms with E-state index in [9.17, 15) is 10.1 Å². The number of carbonyl (C=O) groups is 1. The number of fused-ring (bicyclic) bond motifs is 1. The quantitative estimate of drug-likeness (QED) is 0.710. The molecule has 0 spiro atoms. The number of nitrogens with zero attached hydrogens (tertiary/aromatic N) is 4. The second-order valence-corrected chi connectivity index (χ2v) is 7.36. The Kier molecular flexibility index (Phi) is 6.42. The fourth-order valence-corrected chi connectivity index (χ4v) is 3.41. The Morgan fingerprint density at radius 1 is 1.29 bits per heavy atom.